The van der Waals surface area contributed by atoms with E-state index < -0.39 is 26.5 Å². The number of rotatable bonds is 62. The van der Waals surface area contributed by atoms with Crippen LogP contribution in [0.5, 0.6) is 0 Å². The SMILES string of the molecule is CC/C=C\C/C=C\C/C=C\C/C=C\CCCCCCCCCCCCCCCCCCCCCCCCC(=O)OC(COC(=O)CCCCCCCCCC/C=C\C/C=C\C/C=C\CCCCCCC)COP(=O)(O)OCCN. The summed E-state index contributed by atoms with van der Waals surface area (Å²) >= 11 is 0. The molecular weight excluding hydrogens is 1000 g/mol. The lowest BCUT2D eigenvalue weighted by molar-refractivity contribution is -0.161. The van der Waals surface area contributed by atoms with Crippen molar-refractivity contribution in [3.05, 3.63) is 85.1 Å². The Morgan fingerprint density at radius 2 is 0.696 bits per heavy atom. The Balaban J connectivity index is 3.87. The van der Waals surface area contributed by atoms with Crippen molar-refractivity contribution in [2.45, 2.75) is 315 Å². The average Bonchev–Trinajstić information content (AvgIpc) is 3.44. The normalized spacial score (nSPS) is 13.5. The van der Waals surface area contributed by atoms with Crippen LogP contribution in [0.2, 0.25) is 0 Å². The summed E-state index contributed by atoms with van der Waals surface area (Å²) in [6, 6.07) is 0. The van der Waals surface area contributed by atoms with Crippen molar-refractivity contribution >= 4 is 19.8 Å². The van der Waals surface area contributed by atoms with E-state index in [0.29, 0.717) is 6.42 Å². The maximum atomic E-state index is 12.7. The summed E-state index contributed by atoms with van der Waals surface area (Å²) in [5.74, 6) is -0.826. The van der Waals surface area contributed by atoms with Crippen LogP contribution < -0.4 is 5.73 Å². The van der Waals surface area contributed by atoms with Crippen molar-refractivity contribution in [3.63, 3.8) is 0 Å². The maximum Gasteiger partial charge on any atom is 0.472 e. The minimum Gasteiger partial charge on any atom is -0.462 e. The van der Waals surface area contributed by atoms with Crippen LogP contribution >= 0.6 is 7.82 Å². The molecule has 458 valence electrons. The van der Waals surface area contributed by atoms with Crippen LogP contribution in [-0.2, 0) is 32.7 Å². The van der Waals surface area contributed by atoms with E-state index >= 15 is 0 Å². The molecular formula is C69H124NO8P. The third-order valence-electron chi connectivity index (χ3n) is 14.3. The van der Waals surface area contributed by atoms with Gasteiger partial charge in [0.05, 0.1) is 13.2 Å². The van der Waals surface area contributed by atoms with E-state index in [1.54, 1.807) is 0 Å². The molecule has 0 aliphatic rings. The number of esters is 2. The van der Waals surface area contributed by atoms with Gasteiger partial charge in [-0.3, -0.25) is 18.6 Å². The number of phosphoric acid groups is 1. The third-order valence-corrected chi connectivity index (χ3v) is 15.2. The zero-order valence-corrected chi connectivity index (χ0v) is 52.2. The number of hydrogen-bond acceptors (Lipinski definition) is 8. The molecule has 0 rings (SSSR count). The van der Waals surface area contributed by atoms with E-state index in [9.17, 15) is 19.0 Å². The number of unbranched alkanes of at least 4 members (excludes halogenated alkanes) is 35. The van der Waals surface area contributed by atoms with Gasteiger partial charge in [0.2, 0.25) is 0 Å². The summed E-state index contributed by atoms with van der Waals surface area (Å²) in [7, 11) is -4.39. The second kappa shape index (κ2) is 64.4. The van der Waals surface area contributed by atoms with Gasteiger partial charge in [0.1, 0.15) is 6.61 Å². The number of ether oxygens (including phenoxy) is 2. The van der Waals surface area contributed by atoms with Gasteiger partial charge in [0.25, 0.3) is 0 Å². The quantitative estimate of drug-likeness (QED) is 0.0264. The predicted molar refractivity (Wildman–Crippen MR) is 339 cm³/mol. The standard InChI is InChI=1S/C69H124NO8P/c1-3-5-7-9-11-13-15-17-19-21-23-25-27-28-29-30-31-32-33-34-35-36-37-38-40-42-44-46-48-50-52-54-56-58-60-62-69(72)78-67(66-77-79(73,74)76-64-63-70)65-75-68(71)61-59-57-55-53-51-49-47-45-43-41-39-26-24-22-20-18-16-14-12-10-8-6-4-2/h5,7,11,13,16-19,22-25,39,41,67H,3-4,6,8-10,12,14-15,20-21,26-38,40,42-66,70H2,1-2H3,(H,73,74)/b7-5-,13-11-,18-16-,19-17-,24-22-,25-23-,41-39-. The number of allylic oxidation sites excluding steroid dienone is 14. The molecule has 0 bridgehead atoms. The maximum absolute atomic E-state index is 12.7. The van der Waals surface area contributed by atoms with Gasteiger partial charge in [-0.1, -0.05) is 292 Å². The summed E-state index contributed by atoms with van der Waals surface area (Å²) in [6.45, 7) is 3.65. The van der Waals surface area contributed by atoms with Gasteiger partial charge in [-0.05, 0) is 89.9 Å². The lowest BCUT2D eigenvalue weighted by atomic mass is 10.0. The molecule has 0 saturated carbocycles. The first kappa shape index (κ1) is 76.2. The van der Waals surface area contributed by atoms with Crippen molar-refractivity contribution in [3.8, 4) is 0 Å². The summed E-state index contributed by atoms with van der Waals surface area (Å²) in [5.41, 5.74) is 5.39. The molecule has 0 aliphatic carbocycles. The number of nitrogens with two attached hydrogens (primary N) is 1. The van der Waals surface area contributed by atoms with Gasteiger partial charge in [-0.25, -0.2) is 4.57 Å². The second-order valence-corrected chi connectivity index (χ2v) is 23.4. The highest BCUT2D eigenvalue weighted by Gasteiger charge is 2.26. The molecule has 10 heteroatoms. The van der Waals surface area contributed by atoms with E-state index in [0.717, 1.165) is 89.9 Å². The van der Waals surface area contributed by atoms with Crippen molar-refractivity contribution in [2.24, 2.45) is 5.73 Å². The summed E-state index contributed by atoms with van der Waals surface area (Å²) < 4.78 is 33.1. The summed E-state index contributed by atoms with van der Waals surface area (Å²) in [5, 5.41) is 0. The zero-order chi connectivity index (χ0) is 57.3. The van der Waals surface area contributed by atoms with E-state index in [4.69, 9.17) is 24.3 Å². The van der Waals surface area contributed by atoms with Crippen LogP contribution in [0.25, 0.3) is 0 Å². The zero-order valence-electron chi connectivity index (χ0n) is 51.3. The Morgan fingerprint density at radius 1 is 0.392 bits per heavy atom. The molecule has 0 heterocycles. The fourth-order valence-electron chi connectivity index (χ4n) is 9.40. The van der Waals surface area contributed by atoms with Gasteiger partial charge >= 0.3 is 19.8 Å². The summed E-state index contributed by atoms with van der Waals surface area (Å²) in [6.07, 6.45) is 85.2. The highest BCUT2D eigenvalue weighted by molar-refractivity contribution is 7.47. The molecule has 0 saturated heterocycles. The summed E-state index contributed by atoms with van der Waals surface area (Å²) in [4.78, 5) is 35.3. The number of phosphoric ester groups is 1. The van der Waals surface area contributed by atoms with Crippen molar-refractivity contribution < 1.29 is 37.6 Å². The first-order valence-electron chi connectivity index (χ1n) is 33.1. The smallest absolute Gasteiger partial charge is 0.462 e. The van der Waals surface area contributed by atoms with Gasteiger partial charge in [-0.2, -0.15) is 0 Å². The molecule has 0 radical (unpaired) electrons. The highest BCUT2D eigenvalue weighted by Crippen LogP contribution is 2.43. The highest BCUT2D eigenvalue weighted by atomic mass is 31.2. The number of carbonyl (C=O) groups excluding carboxylic acids is 2. The molecule has 9 nitrogen and oxygen atoms in total. The molecule has 2 unspecified atom stereocenters. The molecule has 0 fully saturated rings. The van der Waals surface area contributed by atoms with Crippen molar-refractivity contribution in [1.82, 2.24) is 0 Å². The fourth-order valence-corrected chi connectivity index (χ4v) is 10.2. The van der Waals surface area contributed by atoms with Crippen LogP contribution in [0.4, 0.5) is 0 Å². The predicted octanol–water partition coefficient (Wildman–Crippen LogP) is 21.4. The Labute approximate surface area is 487 Å². The topological polar surface area (TPSA) is 134 Å². The Hall–Kier alpha value is -2.81. The lowest BCUT2D eigenvalue weighted by Crippen LogP contribution is -2.29. The van der Waals surface area contributed by atoms with Gasteiger partial charge < -0.3 is 20.1 Å². The fraction of sp³-hybridized carbons (Fsp3) is 0.768. The van der Waals surface area contributed by atoms with Crippen LogP contribution in [0.15, 0.2) is 85.1 Å². The Kier molecular flexibility index (Phi) is 62.1. The van der Waals surface area contributed by atoms with E-state index in [1.165, 1.54) is 186 Å². The van der Waals surface area contributed by atoms with E-state index in [2.05, 4.69) is 98.9 Å². The third kappa shape index (κ3) is 64.2. The van der Waals surface area contributed by atoms with E-state index in [-0.39, 0.29) is 38.6 Å². The molecule has 0 aromatic carbocycles. The van der Waals surface area contributed by atoms with E-state index in [1.807, 2.05) is 0 Å². The Morgan fingerprint density at radius 3 is 1.04 bits per heavy atom. The molecule has 0 amide bonds. The second-order valence-electron chi connectivity index (χ2n) is 22.0. The van der Waals surface area contributed by atoms with Gasteiger partial charge in [0.15, 0.2) is 6.10 Å². The first-order chi connectivity index (χ1) is 38.8. The minimum absolute atomic E-state index is 0.0510. The van der Waals surface area contributed by atoms with Crippen LogP contribution in [0.3, 0.4) is 0 Å². The minimum atomic E-state index is -4.39. The van der Waals surface area contributed by atoms with Crippen LogP contribution in [0, 0.1) is 0 Å². The molecule has 0 spiro atoms. The number of hydrogen-bond donors (Lipinski definition) is 2. The van der Waals surface area contributed by atoms with Gasteiger partial charge in [0, 0.05) is 19.4 Å². The Bertz CT molecular complexity index is 1570. The van der Waals surface area contributed by atoms with Crippen LogP contribution in [0.1, 0.15) is 309 Å². The molecule has 0 aromatic heterocycles. The lowest BCUT2D eigenvalue weighted by Gasteiger charge is -2.19. The van der Waals surface area contributed by atoms with Crippen molar-refractivity contribution in [1.29, 1.82) is 0 Å². The molecule has 0 aromatic rings. The van der Waals surface area contributed by atoms with Crippen LogP contribution in [-0.4, -0.2) is 49.3 Å². The van der Waals surface area contributed by atoms with Crippen molar-refractivity contribution in [2.75, 3.05) is 26.4 Å². The molecule has 79 heavy (non-hydrogen) atoms. The molecule has 2 atom stereocenters. The molecule has 3 N–H and O–H groups in total. The average molecular weight is 1130 g/mol. The first-order valence-corrected chi connectivity index (χ1v) is 34.6. The monoisotopic (exact) mass is 1130 g/mol. The van der Waals surface area contributed by atoms with Gasteiger partial charge in [-0.15, -0.1) is 0 Å². The largest absolute Gasteiger partial charge is 0.472 e. The number of carbonyl (C=O) groups is 2. The molecule has 0 aliphatic heterocycles.